The molecule has 0 aliphatic rings. The van der Waals surface area contributed by atoms with Gasteiger partial charge in [-0.2, -0.15) is 0 Å². The summed E-state index contributed by atoms with van der Waals surface area (Å²) in [6.07, 6.45) is 4.72. The third-order valence-electron chi connectivity index (χ3n) is 2.27. The molecule has 0 aromatic carbocycles. The molecule has 3 nitrogen and oxygen atoms in total. The Bertz CT molecular complexity index is 148. The molecule has 1 unspecified atom stereocenters. The molecule has 0 bridgehead atoms. The zero-order valence-electron chi connectivity index (χ0n) is 9.64. The summed E-state index contributed by atoms with van der Waals surface area (Å²) in [6.45, 7) is 7.33. The van der Waals surface area contributed by atoms with Crippen LogP contribution in [0.1, 0.15) is 46.5 Å². The van der Waals surface area contributed by atoms with E-state index < -0.39 is 0 Å². The second kappa shape index (κ2) is 8.85. The van der Waals surface area contributed by atoms with Gasteiger partial charge in [0.25, 0.3) is 0 Å². The fourth-order valence-corrected chi connectivity index (χ4v) is 1.26. The van der Waals surface area contributed by atoms with Gasteiger partial charge < -0.3 is 9.47 Å². The molecule has 0 saturated heterocycles. The van der Waals surface area contributed by atoms with E-state index >= 15 is 0 Å². The molecule has 14 heavy (non-hydrogen) atoms. The van der Waals surface area contributed by atoms with Gasteiger partial charge in [-0.25, -0.2) is 5.41 Å². The van der Waals surface area contributed by atoms with Gasteiger partial charge in [0.1, 0.15) is 0 Å². The summed E-state index contributed by atoms with van der Waals surface area (Å²) >= 11 is 0. The maximum atomic E-state index is 7.29. The molecule has 0 rings (SSSR count). The predicted molar refractivity (Wildman–Crippen MR) is 58.6 cm³/mol. The zero-order chi connectivity index (χ0) is 10.8. The number of rotatable bonds is 7. The minimum atomic E-state index is -0.0394. The highest BCUT2D eigenvalue weighted by Gasteiger charge is 2.08. The Morgan fingerprint density at radius 3 is 2.43 bits per heavy atom. The van der Waals surface area contributed by atoms with Crippen LogP contribution in [0.15, 0.2) is 0 Å². The highest BCUT2D eigenvalue weighted by molar-refractivity contribution is 5.62. The lowest BCUT2D eigenvalue weighted by Crippen LogP contribution is -2.15. The SMILES string of the molecule is CCCCC(CC)COC(=N)OCC. The summed E-state index contributed by atoms with van der Waals surface area (Å²) in [6, 6.07) is 0. The Morgan fingerprint density at radius 1 is 1.21 bits per heavy atom. The largest absolute Gasteiger partial charge is 0.451 e. The Labute approximate surface area is 87.3 Å². The molecule has 0 aromatic heterocycles. The smallest absolute Gasteiger partial charge is 0.380 e. The topological polar surface area (TPSA) is 42.3 Å². The van der Waals surface area contributed by atoms with Gasteiger partial charge in [0.2, 0.25) is 0 Å². The lowest BCUT2D eigenvalue weighted by Gasteiger charge is -2.15. The van der Waals surface area contributed by atoms with E-state index in [0.29, 0.717) is 19.1 Å². The van der Waals surface area contributed by atoms with Crippen LogP contribution < -0.4 is 0 Å². The van der Waals surface area contributed by atoms with Gasteiger partial charge in [-0.3, -0.25) is 0 Å². The molecule has 0 aromatic rings. The minimum absolute atomic E-state index is 0.0394. The van der Waals surface area contributed by atoms with Crippen LogP contribution in [0.4, 0.5) is 0 Å². The van der Waals surface area contributed by atoms with E-state index in [-0.39, 0.29) is 6.08 Å². The van der Waals surface area contributed by atoms with Crippen LogP contribution in [-0.4, -0.2) is 19.3 Å². The molecule has 0 saturated carbocycles. The van der Waals surface area contributed by atoms with Crippen molar-refractivity contribution in [1.29, 1.82) is 5.41 Å². The first-order valence-electron chi connectivity index (χ1n) is 5.58. The standard InChI is InChI=1S/C11H23NO2/c1-4-7-8-10(5-2)9-14-11(12)13-6-3/h10,12H,4-9H2,1-3H3. The van der Waals surface area contributed by atoms with E-state index in [9.17, 15) is 0 Å². The van der Waals surface area contributed by atoms with E-state index in [1.165, 1.54) is 19.3 Å². The second-order valence-electron chi connectivity index (χ2n) is 3.45. The van der Waals surface area contributed by atoms with Gasteiger partial charge in [-0.05, 0) is 19.3 Å². The molecule has 0 aliphatic carbocycles. The van der Waals surface area contributed by atoms with Crippen molar-refractivity contribution in [3.05, 3.63) is 0 Å². The first kappa shape index (κ1) is 13.3. The third-order valence-corrected chi connectivity index (χ3v) is 2.27. The van der Waals surface area contributed by atoms with Gasteiger partial charge in [0, 0.05) is 0 Å². The van der Waals surface area contributed by atoms with Gasteiger partial charge in [0.15, 0.2) is 0 Å². The number of ether oxygens (including phenoxy) is 2. The fraction of sp³-hybridized carbons (Fsp3) is 0.909. The number of hydrogen-bond donors (Lipinski definition) is 1. The van der Waals surface area contributed by atoms with Gasteiger partial charge in [-0.15, -0.1) is 0 Å². The molecule has 3 heteroatoms. The van der Waals surface area contributed by atoms with Crippen molar-refractivity contribution in [1.82, 2.24) is 0 Å². The van der Waals surface area contributed by atoms with Crippen LogP contribution >= 0.6 is 0 Å². The maximum absolute atomic E-state index is 7.29. The monoisotopic (exact) mass is 201 g/mol. The van der Waals surface area contributed by atoms with Crippen LogP contribution in [0.25, 0.3) is 0 Å². The summed E-state index contributed by atoms with van der Waals surface area (Å²) in [4.78, 5) is 0. The molecule has 0 amide bonds. The fourth-order valence-electron chi connectivity index (χ4n) is 1.26. The number of nitrogens with one attached hydrogen (secondary N) is 1. The van der Waals surface area contributed by atoms with E-state index in [0.717, 1.165) is 6.42 Å². The van der Waals surface area contributed by atoms with Crippen LogP contribution in [0.5, 0.6) is 0 Å². The molecule has 1 atom stereocenters. The van der Waals surface area contributed by atoms with E-state index in [1.807, 2.05) is 6.92 Å². The average Bonchev–Trinajstić information content (AvgIpc) is 2.19. The first-order chi connectivity index (χ1) is 6.74. The van der Waals surface area contributed by atoms with E-state index in [2.05, 4.69) is 13.8 Å². The van der Waals surface area contributed by atoms with Crippen molar-refractivity contribution >= 4 is 6.08 Å². The Balaban J connectivity index is 3.55. The minimum Gasteiger partial charge on any atom is -0.451 e. The molecular weight excluding hydrogens is 178 g/mol. The summed E-state index contributed by atoms with van der Waals surface area (Å²) in [5.41, 5.74) is 0. The van der Waals surface area contributed by atoms with Crippen molar-refractivity contribution in [2.24, 2.45) is 5.92 Å². The molecular formula is C11H23NO2. The Morgan fingerprint density at radius 2 is 1.93 bits per heavy atom. The van der Waals surface area contributed by atoms with Crippen LogP contribution in [0, 0.1) is 11.3 Å². The average molecular weight is 201 g/mol. The summed E-state index contributed by atoms with van der Waals surface area (Å²) in [7, 11) is 0. The summed E-state index contributed by atoms with van der Waals surface area (Å²) < 4.78 is 10.1. The molecule has 0 spiro atoms. The Hall–Kier alpha value is -0.730. The quantitative estimate of drug-likeness (QED) is 0.507. The first-order valence-corrected chi connectivity index (χ1v) is 5.58. The van der Waals surface area contributed by atoms with E-state index in [1.54, 1.807) is 0 Å². The van der Waals surface area contributed by atoms with Crippen molar-refractivity contribution in [3.8, 4) is 0 Å². The van der Waals surface area contributed by atoms with Crippen molar-refractivity contribution < 1.29 is 9.47 Å². The maximum Gasteiger partial charge on any atom is 0.380 e. The van der Waals surface area contributed by atoms with Gasteiger partial charge in [0.05, 0.1) is 13.2 Å². The number of hydrogen-bond acceptors (Lipinski definition) is 3. The van der Waals surface area contributed by atoms with Crippen molar-refractivity contribution in [3.63, 3.8) is 0 Å². The van der Waals surface area contributed by atoms with Crippen LogP contribution in [0.2, 0.25) is 0 Å². The molecule has 84 valence electrons. The van der Waals surface area contributed by atoms with Gasteiger partial charge in [-0.1, -0.05) is 33.1 Å². The number of unbranched alkanes of at least 4 members (excludes halogenated alkanes) is 1. The second-order valence-corrected chi connectivity index (χ2v) is 3.45. The van der Waals surface area contributed by atoms with Crippen molar-refractivity contribution in [2.75, 3.05) is 13.2 Å². The van der Waals surface area contributed by atoms with E-state index in [4.69, 9.17) is 14.9 Å². The van der Waals surface area contributed by atoms with Crippen molar-refractivity contribution in [2.45, 2.75) is 46.5 Å². The predicted octanol–water partition coefficient (Wildman–Crippen LogP) is 3.19. The van der Waals surface area contributed by atoms with Gasteiger partial charge >= 0.3 is 6.08 Å². The van der Waals surface area contributed by atoms with Crippen LogP contribution in [-0.2, 0) is 9.47 Å². The molecule has 0 fully saturated rings. The van der Waals surface area contributed by atoms with Crippen LogP contribution in [0.3, 0.4) is 0 Å². The lowest BCUT2D eigenvalue weighted by atomic mass is 10.0. The molecule has 0 heterocycles. The normalized spacial score (nSPS) is 12.2. The highest BCUT2D eigenvalue weighted by Crippen LogP contribution is 2.12. The molecule has 1 N–H and O–H groups in total. The zero-order valence-corrected chi connectivity index (χ0v) is 9.64. The molecule has 0 aliphatic heterocycles. The summed E-state index contributed by atoms with van der Waals surface area (Å²) in [5, 5.41) is 7.29. The lowest BCUT2D eigenvalue weighted by molar-refractivity contribution is 0.138. The highest BCUT2D eigenvalue weighted by atomic mass is 16.7. The molecule has 0 radical (unpaired) electrons. The third kappa shape index (κ3) is 6.75. The Kier molecular flexibility index (Phi) is 8.39. The summed E-state index contributed by atoms with van der Waals surface area (Å²) in [5.74, 6) is 0.566.